The number of rotatable bonds is 17. The SMILES string of the molecule is NC(CCC(=O)O)C(=O)NC(Cc1c[nH]c2ccccc12)C(=O)NC(CCC(=O)O)C(=O)NC(Cc1c[nH]c2ccccc12)C(=O)O. The smallest absolute Gasteiger partial charge is 0.326 e. The van der Waals surface area contributed by atoms with E-state index in [0.29, 0.717) is 11.1 Å². The van der Waals surface area contributed by atoms with Crippen LogP contribution in [0.2, 0.25) is 0 Å². The van der Waals surface area contributed by atoms with Gasteiger partial charge in [0.05, 0.1) is 6.04 Å². The van der Waals surface area contributed by atoms with Crippen LogP contribution in [0.15, 0.2) is 60.9 Å². The lowest BCUT2D eigenvalue weighted by Crippen LogP contribution is -2.57. The van der Waals surface area contributed by atoms with Gasteiger partial charge in [-0.15, -0.1) is 0 Å². The number of aliphatic carboxylic acids is 3. The summed E-state index contributed by atoms with van der Waals surface area (Å²) in [5.41, 5.74) is 8.68. The molecule has 0 aliphatic rings. The number of carboxylic acids is 3. The standard InChI is InChI=1S/C32H36N6O9/c33-21(9-11-27(39)40)29(43)37-25(13-17-15-34-22-7-3-1-5-19(17)22)31(45)36-24(10-12-28(41)42)30(44)38-26(32(46)47)14-18-16-35-23-8-4-2-6-20(18)23/h1-8,15-16,21,24-26,34-35H,9-14,33H2,(H,36,45)(H,37,43)(H,38,44)(H,39,40)(H,41,42)(H,46,47). The van der Waals surface area contributed by atoms with E-state index >= 15 is 0 Å². The number of H-pyrrole nitrogens is 2. The molecule has 15 nitrogen and oxygen atoms in total. The lowest BCUT2D eigenvalue weighted by molar-refractivity contribution is -0.143. The number of amides is 3. The van der Waals surface area contributed by atoms with Crippen molar-refractivity contribution in [3.05, 3.63) is 72.1 Å². The van der Waals surface area contributed by atoms with Crippen molar-refractivity contribution in [2.24, 2.45) is 5.73 Å². The molecular formula is C32H36N6O9. The van der Waals surface area contributed by atoms with E-state index in [0.717, 1.165) is 21.8 Å². The average molecular weight is 649 g/mol. The van der Waals surface area contributed by atoms with Crippen molar-refractivity contribution < 1.29 is 44.1 Å². The molecule has 2 heterocycles. The molecule has 10 N–H and O–H groups in total. The van der Waals surface area contributed by atoms with Gasteiger partial charge in [-0.25, -0.2) is 4.79 Å². The predicted octanol–water partition coefficient (Wildman–Crippen LogP) is 1.03. The van der Waals surface area contributed by atoms with E-state index in [-0.39, 0.29) is 32.1 Å². The zero-order chi connectivity index (χ0) is 34.1. The Morgan fingerprint density at radius 1 is 0.617 bits per heavy atom. The predicted molar refractivity (Wildman–Crippen MR) is 169 cm³/mol. The molecular weight excluding hydrogens is 612 g/mol. The van der Waals surface area contributed by atoms with Crippen molar-refractivity contribution in [2.45, 2.75) is 62.7 Å². The molecule has 0 saturated carbocycles. The summed E-state index contributed by atoms with van der Waals surface area (Å²) in [5.74, 6) is -6.34. The van der Waals surface area contributed by atoms with Crippen LogP contribution in [-0.2, 0) is 41.6 Å². The number of fused-ring (bicyclic) bond motifs is 2. The molecule has 0 radical (unpaired) electrons. The molecule has 3 amide bonds. The van der Waals surface area contributed by atoms with E-state index in [1.807, 2.05) is 24.3 Å². The fourth-order valence-electron chi connectivity index (χ4n) is 5.22. The van der Waals surface area contributed by atoms with E-state index < -0.39 is 66.2 Å². The number of carbonyl (C=O) groups is 6. The summed E-state index contributed by atoms with van der Waals surface area (Å²) < 4.78 is 0. The second-order valence-electron chi connectivity index (χ2n) is 11.1. The van der Waals surface area contributed by atoms with Gasteiger partial charge in [-0.1, -0.05) is 36.4 Å². The molecule has 4 aromatic rings. The quantitative estimate of drug-likeness (QED) is 0.0785. The highest BCUT2D eigenvalue weighted by Gasteiger charge is 2.31. The second kappa shape index (κ2) is 15.5. The zero-order valence-corrected chi connectivity index (χ0v) is 25.2. The minimum absolute atomic E-state index is 0.0706. The number of para-hydroxylation sites is 2. The Balaban J connectivity index is 1.55. The third kappa shape index (κ3) is 9.17. The number of aromatic amines is 2. The minimum atomic E-state index is -1.48. The first-order chi connectivity index (χ1) is 22.4. The lowest BCUT2D eigenvalue weighted by Gasteiger charge is -2.25. The lowest BCUT2D eigenvalue weighted by atomic mass is 10.0. The fraction of sp³-hybridized carbons (Fsp3) is 0.312. The molecule has 0 aliphatic carbocycles. The minimum Gasteiger partial charge on any atom is -0.481 e. The van der Waals surface area contributed by atoms with Crippen molar-refractivity contribution in [3.8, 4) is 0 Å². The topological polar surface area (TPSA) is 257 Å². The van der Waals surface area contributed by atoms with Crippen molar-refractivity contribution >= 4 is 57.4 Å². The van der Waals surface area contributed by atoms with Crippen LogP contribution in [-0.4, -0.2) is 85.1 Å². The summed E-state index contributed by atoms with van der Waals surface area (Å²) in [4.78, 5) is 80.7. The Hall–Kier alpha value is -5.70. The van der Waals surface area contributed by atoms with Gasteiger partial charge < -0.3 is 47.0 Å². The highest BCUT2D eigenvalue weighted by molar-refractivity contribution is 5.95. The number of benzene rings is 2. The molecule has 15 heteroatoms. The van der Waals surface area contributed by atoms with Crippen molar-refractivity contribution in [1.82, 2.24) is 25.9 Å². The van der Waals surface area contributed by atoms with Crippen LogP contribution in [0.1, 0.15) is 36.8 Å². The van der Waals surface area contributed by atoms with Crippen molar-refractivity contribution in [3.63, 3.8) is 0 Å². The highest BCUT2D eigenvalue weighted by Crippen LogP contribution is 2.21. The Labute approximate surface area is 267 Å². The van der Waals surface area contributed by atoms with E-state index in [4.69, 9.17) is 10.8 Å². The van der Waals surface area contributed by atoms with Gasteiger partial charge in [0.2, 0.25) is 17.7 Å². The van der Waals surface area contributed by atoms with Gasteiger partial charge in [-0.3, -0.25) is 24.0 Å². The molecule has 4 unspecified atom stereocenters. The van der Waals surface area contributed by atoms with Crippen molar-refractivity contribution in [1.29, 1.82) is 0 Å². The average Bonchev–Trinajstić information content (AvgIpc) is 3.64. The number of hydrogen-bond donors (Lipinski definition) is 9. The van der Waals surface area contributed by atoms with E-state index in [2.05, 4.69) is 25.9 Å². The number of nitrogens with two attached hydrogens (primary N) is 1. The normalized spacial score (nSPS) is 13.7. The fourth-order valence-corrected chi connectivity index (χ4v) is 5.22. The summed E-state index contributed by atoms with van der Waals surface area (Å²) in [6, 6.07) is 8.96. The van der Waals surface area contributed by atoms with E-state index in [1.54, 1.807) is 36.7 Å². The molecule has 0 saturated heterocycles. The van der Waals surface area contributed by atoms with E-state index in [1.165, 1.54) is 0 Å². The molecule has 0 fully saturated rings. The van der Waals surface area contributed by atoms with Gasteiger partial charge in [-0.2, -0.15) is 0 Å². The zero-order valence-electron chi connectivity index (χ0n) is 25.2. The van der Waals surface area contributed by atoms with Crippen LogP contribution < -0.4 is 21.7 Å². The van der Waals surface area contributed by atoms with Crippen LogP contribution in [0.4, 0.5) is 0 Å². The molecule has 0 bridgehead atoms. The van der Waals surface area contributed by atoms with Crippen LogP contribution in [0.5, 0.6) is 0 Å². The second-order valence-corrected chi connectivity index (χ2v) is 11.1. The van der Waals surface area contributed by atoms with Gasteiger partial charge >= 0.3 is 17.9 Å². The summed E-state index contributed by atoms with van der Waals surface area (Å²) in [7, 11) is 0. The Morgan fingerprint density at radius 2 is 1.06 bits per heavy atom. The van der Waals surface area contributed by atoms with Gasteiger partial charge in [0.15, 0.2) is 0 Å². The molecule has 248 valence electrons. The number of nitrogens with one attached hydrogen (secondary N) is 5. The Kier molecular flexibility index (Phi) is 11.3. The molecule has 2 aromatic heterocycles. The first-order valence-corrected chi connectivity index (χ1v) is 14.9. The number of aromatic nitrogens is 2. The van der Waals surface area contributed by atoms with Gasteiger partial charge in [0.1, 0.15) is 18.1 Å². The maximum atomic E-state index is 13.7. The summed E-state index contributed by atoms with van der Waals surface area (Å²) in [5, 5.41) is 37.2. The largest absolute Gasteiger partial charge is 0.481 e. The molecule has 4 atom stereocenters. The summed E-state index contributed by atoms with van der Waals surface area (Å²) in [6.45, 7) is 0. The van der Waals surface area contributed by atoms with Gasteiger partial charge in [0.25, 0.3) is 0 Å². The number of carboxylic acid groups (broad SMARTS) is 3. The molecule has 0 spiro atoms. The van der Waals surface area contributed by atoms with Crippen molar-refractivity contribution in [2.75, 3.05) is 0 Å². The maximum Gasteiger partial charge on any atom is 0.326 e. The number of carbonyl (C=O) groups excluding carboxylic acids is 3. The summed E-state index contributed by atoms with van der Waals surface area (Å²) in [6.07, 6.45) is 1.63. The highest BCUT2D eigenvalue weighted by atomic mass is 16.4. The van der Waals surface area contributed by atoms with Crippen LogP contribution in [0.25, 0.3) is 21.8 Å². The van der Waals surface area contributed by atoms with Gasteiger partial charge in [-0.05, 0) is 36.1 Å². The van der Waals surface area contributed by atoms with Crippen LogP contribution >= 0.6 is 0 Å². The first-order valence-electron chi connectivity index (χ1n) is 14.9. The first kappa shape index (κ1) is 34.2. The van der Waals surface area contributed by atoms with Gasteiger partial charge in [0, 0.05) is 59.9 Å². The molecule has 0 aliphatic heterocycles. The molecule has 2 aromatic carbocycles. The van der Waals surface area contributed by atoms with Crippen LogP contribution in [0.3, 0.4) is 0 Å². The molecule has 47 heavy (non-hydrogen) atoms. The molecule has 4 rings (SSSR count). The maximum absolute atomic E-state index is 13.7. The Morgan fingerprint density at radius 3 is 1.60 bits per heavy atom. The number of hydrogen-bond acceptors (Lipinski definition) is 7. The summed E-state index contributed by atoms with van der Waals surface area (Å²) >= 11 is 0. The third-order valence-electron chi connectivity index (χ3n) is 7.73. The van der Waals surface area contributed by atoms with E-state index in [9.17, 15) is 39.0 Å². The monoisotopic (exact) mass is 648 g/mol. The Bertz CT molecular complexity index is 1780. The van der Waals surface area contributed by atoms with Crippen LogP contribution in [0, 0.1) is 0 Å². The third-order valence-corrected chi connectivity index (χ3v) is 7.73.